The van der Waals surface area contributed by atoms with Crippen LogP contribution in [0.25, 0.3) is 22.9 Å². The molecule has 14 rings (SSSR count). The number of carbonyl (C=O) groups is 4. The molecule has 4 heterocycles. The predicted molar refractivity (Wildman–Crippen MR) is 240 cm³/mol. The van der Waals surface area contributed by atoms with E-state index in [2.05, 4.69) is 20.3 Å². The Morgan fingerprint density at radius 2 is 0.829 bits per heavy atom. The van der Waals surface area contributed by atoms with Gasteiger partial charge in [0.15, 0.2) is 23.2 Å². The van der Waals surface area contributed by atoms with Crippen LogP contribution in [0.15, 0.2) is 31.3 Å². The first-order valence-corrected chi connectivity index (χ1v) is 26.1. The van der Waals surface area contributed by atoms with Gasteiger partial charge in [-0.3, -0.25) is 9.59 Å². The molecule has 0 amide bonds. The van der Waals surface area contributed by atoms with Gasteiger partial charge in [-0.1, -0.05) is 10.3 Å². The molecule has 0 saturated heterocycles. The van der Waals surface area contributed by atoms with E-state index in [-0.39, 0.29) is 121 Å². The van der Waals surface area contributed by atoms with Gasteiger partial charge in [0.05, 0.1) is 23.0 Å². The quantitative estimate of drug-likeness (QED) is 0.128. The Labute approximate surface area is 405 Å². The Bertz CT molecular complexity index is 2650. The molecule has 1 unspecified atom stereocenters. The number of carbonyl (C=O) groups excluding carboxylic acids is 2. The zero-order valence-electron chi connectivity index (χ0n) is 38.0. The van der Waals surface area contributed by atoms with E-state index in [1.807, 2.05) is 0 Å². The van der Waals surface area contributed by atoms with Crippen LogP contribution in [0.5, 0.6) is 0 Å². The first kappa shape index (κ1) is 47.4. The number of halogens is 6. The van der Waals surface area contributed by atoms with E-state index in [1.54, 1.807) is 0 Å². The van der Waals surface area contributed by atoms with Crippen molar-refractivity contribution in [1.82, 2.24) is 20.3 Å². The fourth-order valence-electron chi connectivity index (χ4n) is 12.3. The molecule has 4 aromatic rings. The summed E-state index contributed by atoms with van der Waals surface area (Å²) in [4.78, 5) is 62.7. The second-order valence-electron chi connectivity index (χ2n) is 20.6. The molecule has 0 spiro atoms. The lowest BCUT2D eigenvalue weighted by atomic mass is 9.65. The van der Waals surface area contributed by atoms with E-state index < -0.39 is 36.1 Å². The summed E-state index contributed by atoms with van der Waals surface area (Å²) in [7, 11) is 0. The molecule has 2 N–H and O–H groups in total. The number of allylic oxidation sites excluding steroid dienone is 2. The van der Waals surface area contributed by atoms with Crippen molar-refractivity contribution >= 4 is 46.2 Å². The lowest BCUT2D eigenvalue weighted by molar-refractivity contribution is -0.177. The van der Waals surface area contributed by atoms with Gasteiger partial charge >= 0.3 is 24.3 Å². The first-order valence-electron chi connectivity index (χ1n) is 24.5. The van der Waals surface area contributed by atoms with E-state index in [9.17, 15) is 55.7 Å². The summed E-state index contributed by atoms with van der Waals surface area (Å²) in [5.41, 5.74) is 4.03. The van der Waals surface area contributed by atoms with Gasteiger partial charge in [0.2, 0.25) is 0 Å². The molecule has 10 aliphatic carbocycles. The molecule has 20 heteroatoms. The smallest absolute Gasteiger partial charge is 0.392 e. The normalized spacial score (nSPS) is 26.2. The number of ketones is 2. The minimum atomic E-state index is -4.27. The number of alkyl halides is 6. The van der Waals surface area contributed by atoms with E-state index in [1.165, 1.54) is 22.7 Å². The largest absolute Gasteiger partial charge is 0.478 e. The number of aromatic nitrogens is 4. The van der Waals surface area contributed by atoms with Crippen molar-refractivity contribution in [2.75, 3.05) is 0 Å². The van der Waals surface area contributed by atoms with Gasteiger partial charge in [-0.25, -0.2) is 9.59 Å². The Kier molecular flexibility index (Phi) is 12.1. The van der Waals surface area contributed by atoms with Gasteiger partial charge in [0.1, 0.15) is 0 Å². The third kappa shape index (κ3) is 8.90. The average molecular weight is 1010 g/mol. The van der Waals surface area contributed by atoms with Gasteiger partial charge in [-0.2, -0.15) is 36.3 Å². The van der Waals surface area contributed by atoms with Crippen LogP contribution < -0.4 is 0 Å². The Hall–Kier alpha value is -4.98. The number of nitrogens with zero attached hydrogens (tertiary/aromatic N) is 4. The van der Waals surface area contributed by atoms with Gasteiger partial charge in [0, 0.05) is 66.5 Å². The number of carboxylic acid groups (broad SMARTS) is 2. The third-order valence-corrected chi connectivity index (χ3v) is 18.7. The summed E-state index contributed by atoms with van der Waals surface area (Å²) in [5.74, 6) is -3.48. The van der Waals surface area contributed by atoms with Crippen LogP contribution in [0.3, 0.4) is 0 Å². The molecule has 4 bridgehead atoms. The van der Waals surface area contributed by atoms with Crippen molar-refractivity contribution in [3.8, 4) is 22.9 Å². The molecule has 12 nitrogen and oxygen atoms in total. The van der Waals surface area contributed by atoms with Crippen LogP contribution in [0.4, 0.5) is 26.3 Å². The number of thiophene rings is 2. The zero-order valence-corrected chi connectivity index (χ0v) is 39.6. The standard InChI is InChI=1S/2C25H25F3N2O4S/c2*26-25(27,28)14-7-8-15-17(9-14)35-18(21(15)23-29-22(30-34-23)13-5-6-13)10-16(31)19-11-1-3-12(4-2-11)20(19)24(32)33/h2*11-14H,1-10H2,(H,32,33)/t11?,12?,14-;/m0./s1. The Morgan fingerprint density at radius 1 is 0.500 bits per heavy atom. The minimum Gasteiger partial charge on any atom is -0.478 e. The maximum Gasteiger partial charge on any atom is 0.392 e. The zero-order chi connectivity index (χ0) is 49.0. The summed E-state index contributed by atoms with van der Waals surface area (Å²) in [6.45, 7) is 0. The number of carboxylic acids is 2. The number of Topliss-reactive ketones (excluding diaryl/α,β-unsaturated/α-hetero) is 2. The second-order valence-corrected chi connectivity index (χ2v) is 23.0. The van der Waals surface area contributed by atoms with Crippen molar-refractivity contribution in [2.24, 2.45) is 35.5 Å². The molecular weight excluding hydrogens is 963 g/mol. The highest BCUT2D eigenvalue weighted by Gasteiger charge is 2.47. The summed E-state index contributed by atoms with van der Waals surface area (Å²) < 4.78 is 91.9. The Balaban J connectivity index is 0.000000152. The molecule has 10 aliphatic rings. The van der Waals surface area contributed by atoms with Crippen LogP contribution >= 0.6 is 22.7 Å². The van der Waals surface area contributed by atoms with Crippen molar-refractivity contribution in [2.45, 2.75) is 153 Å². The van der Waals surface area contributed by atoms with E-state index in [0.29, 0.717) is 53.4 Å². The van der Waals surface area contributed by atoms with Gasteiger partial charge in [-0.05, 0) is 150 Å². The fraction of sp³-hybridized carbons (Fsp3) is 0.600. The minimum absolute atomic E-state index is 0.0185. The lowest BCUT2D eigenvalue weighted by Gasteiger charge is -2.38. The second kappa shape index (κ2) is 17.9. The molecule has 0 aliphatic heterocycles. The van der Waals surface area contributed by atoms with Crippen molar-refractivity contribution < 1.29 is 64.8 Å². The topological polar surface area (TPSA) is 187 Å². The van der Waals surface area contributed by atoms with Crippen molar-refractivity contribution in [3.63, 3.8) is 0 Å². The highest BCUT2D eigenvalue weighted by Crippen LogP contribution is 2.52. The predicted octanol–water partition coefficient (Wildman–Crippen LogP) is 11.3. The molecule has 2 atom stereocenters. The summed E-state index contributed by atoms with van der Waals surface area (Å²) in [6, 6.07) is 0. The highest BCUT2D eigenvalue weighted by atomic mass is 32.1. The molecule has 0 aromatic carbocycles. The summed E-state index contributed by atoms with van der Waals surface area (Å²) in [6.07, 6.45) is 1.79. The maximum atomic E-state index is 13.6. The van der Waals surface area contributed by atoms with Gasteiger partial charge in [-0.15, -0.1) is 22.7 Å². The first-order chi connectivity index (χ1) is 33.4. The molecule has 0 radical (unpaired) electrons. The van der Waals surface area contributed by atoms with Crippen molar-refractivity contribution in [1.29, 1.82) is 0 Å². The van der Waals surface area contributed by atoms with Crippen LogP contribution in [-0.2, 0) is 57.7 Å². The fourth-order valence-corrected chi connectivity index (χ4v) is 15.2. The summed E-state index contributed by atoms with van der Waals surface area (Å²) in [5, 5.41) is 27.8. The molecular formula is C50H50F6N4O8S2. The maximum absolute atomic E-state index is 13.6. The SMILES string of the molecule is O=C(O)C1=C(C(=O)Cc2sc3c(c2-c2nc(C4CC4)no2)CCC(C(F)(F)F)C3)C2CCC1CC2.O=C(O)C1=C(C(=O)Cc2sc3c(c2-c2nc(C4CC4)no2)CC[C@H](C(F)(F)F)C3)C2CCC1CC2. The number of hydrogen-bond acceptors (Lipinski definition) is 12. The number of hydrogen-bond donors (Lipinski definition) is 2. The van der Waals surface area contributed by atoms with E-state index in [0.717, 1.165) is 88.2 Å². The lowest BCUT2D eigenvalue weighted by Crippen LogP contribution is -2.34. The number of aliphatic carboxylic acids is 2. The van der Waals surface area contributed by atoms with Gasteiger partial charge in [0.25, 0.3) is 11.8 Å². The van der Waals surface area contributed by atoms with Crippen LogP contribution in [0.1, 0.15) is 144 Å². The Morgan fingerprint density at radius 3 is 1.14 bits per heavy atom. The number of fused-ring (bicyclic) bond motifs is 6. The molecule has 70 heavy (non-hydrogen) atoms. The third-order valence-electron chi connectivity index (χ3n) is 16.2. The molecule has 4 saturated carbocycles. The molecule has 4 fully saturated rings. The van der Waals surface area contributed by atoms with Gasteiger partial charge < -0.3 is 19.3 Å². The molecule has 4 aromatic heterocycles. The summed E-state index contributed by atoms with van der Waals surface area (Å²) >= 11 is 2.43. The van der Waals surface area contributed by atoms with Crippen molar-refractivity contribution in [3.05, 3.63) is 64.6 Å². The average Bonchev–Trinajstić information content (AvgIpc) is 4.18. The molecule has 372 valence electrons. The van der Waals surface area contributed by atoms with Crippen LogP contribution in [-0.4, -0.2) is 66.4 Å². The van der Waals surface area contributed by atoms with Crippen LogP contribution in [0.2, 0.25) is 0 Å². The monoisotopic (exact) mass is 1010 g/mol. The van der Waals surface area contributed by atoms with E-state index >= 15 is 0 Å². The van der Waals surface area contributed by atoms with Crippen LogP contribution in [0, 0.1) is 35.5 Å². The number of rotatable bonds is 12. The van der Waals surface area contributed by atoms with E-state index in [4.69, 9.17) is 9.05 Å². The highest BCUT2D eigenvalue weighted by molar-refractivity contribution is 7.13.